The van der Waals surface area contributed by atoms with E-state index in [0.717, 1.165) is 33.8 Å². The molecule has 0 spiro atoms. The lowest BCUT2D eigenvalue weighted by Crippen LogP contribution is -2.26. The first kappa shape index (κ1) is 13.0. The number of para-hydroxylation sites is 1. The summed E-state index contributed by atoms with van der Waals surface area (Å²) in [5.41, 5.74) is 5.48. The normalized spacial score (nSPS) is 16.3. The van der Waals surface area contributed by atoms with Crippen LogP contribution in [0.1, 0.15) is 11.8 Å². The maximum absolute atomic E-state index is 10.8. The van der Waals surface area contributed by atoms with Crippen molar-refractivity contribution in [3.8, 4) is 22.5 Å². The van der Waals surface area contributed by atoms with E-state index in [0.29, 0.717) is 0 Å². The van der Waals surface area contributed by atoms with Crippen LogP contribution in [0.3, 0.4) is 0 Å². The molecule has 0 saturated heterocycles. The predicted octanol–water partition coefficient (Wildman–Crippen LogP) is 2.59. The molecule has 4 rings (SSSR count). The van der Waals surface area contributed by atoms with Crippen molar-refractivity contribution in [2.45, 2.75) is 6.23 Å². The maximum atomic E-state index is 10.8. The number of rotatable bonds is 0. The summed E-state index contributed by atoms with van der Waals surface area (Å²) in [4.78, 5) is 1.88. The number of hydrogen-bond acceptors (Lipinski definition) is 4. The molecule has 0 aliphatic carbocycles. The van der Waals surface area contributed by atoms with Crippen LogP contribution in [0, 0.1) is 0 Å². The van der Waals surface area contributed by atoms with Crippen molar-refractivity contribution in [2.75, 3.05) is 11.9 Å². The van der Waals surface area contributed by atoms with Gasteiger partial charge in [-0.2, -0.15) is 0 Å². The Bertz CT molecular complexity index is 855. The fourth-order valence-corrected chi connectivity index (χ4v) is 3.10. The second-order valence-corrected chi connectivity index (χ2v) is 5.50. The molecule has 5 nitrogen and oxygen atoms in total. The molecule has 2 aromatic carbocycles. The second kappa shape index (κ2) is 4.68. The van der Waals surface area contributed by atoms with Gasteiger partial charge in [0.05, 0.1) is 5.69 Å². The topological polar surface area (TPSA) is 54.2 Å². The van der Waals surface area contributed by atoms with Gasteiger partial charge in [-0.1, -0.05) is 47.7 Å². The van der Waals surface area contributed by atoms with Gasteiger partial charge < -0.3 is 10.0 Å². The molecule has 0 bridgehead atoms. The van der Waals surface area contributed by atoms with E-state index >= 15 is 0 Å². The van der Waals surface area contributed by atoms with Crippen LogP contribution in [-0.4, -0.2) is 27.1 Å². The van der Waals surface area contributed by atoms with Gasteiger partial charge in [0.15, 0.2) is 6.23 Å². The Labute approximate surface area is 128 Å². The molecule has 3 aromatic rings. The van der Waals surface area contributed by atoms with Crippen molar-refractivity contribution in [3.63, 3.8) is 0 Å². The lowest BCUT2D eigenvalue weighted by Gasteiger charge is -2.31. The quantitative estimate of drug-likeness (QED) is 0.692. The first-order chi connectivity index (χ1) is 10.7. The Morgan fingerprint density at radius 3 is 2.45 bits per heavy atom. The number of anilines is 1. The highest BCUT2D eigenvalue weighted by atomic mass is 16.3. The van der Waals surface area contributed by atoms with Gasteiger partial charge in [-0.15, -0.1) is 5.10 Å². The van der Waals surface area contributed by atoms with Crippen LogP contribution in [0.2, 0.25) is 0 Å². The number of aryl methyl sites for hydroxylation is 1. The Kier molecular flexibility index (Phi) is 2.77. The van der Waals surface area contributed by atoms with Gasteiger partial charge in [0.25, 0.3) is 0 Å². The average molecular weight is 292 g/mol. The predicted molar refractivity (Wildman–Crippen MR) is 85.2 cm³/mol. The molecule has 1 N–H and O–H groups in total. The number of aliphatic hydroxyl groups is 1. The molecule has 0 amide bonds. The fraction of sp³-hybridized carbons (Fsp3) is 0.176. The van der Waals surface area contributed by atoms with Crippen LogP contribution in [0.15, 0.2) is 48.5 Å². The third-order valence-corrected chi connectivity index (χ3v) is 4.23. The lowest BCUT2D eigenvalue weighted by atomic mass is 9.95. The van der Waals surface area contributed by atoms with E-state index in [1.54, 1.807) is 4.68 Å². The summed E-state index contributed by atoms with van der Waals surface area (Å²) in [5.74, 6) is 0. The van der Waals surface area contributed by atoms with Crippen LogP contribution < -0.4 is 4.90 Å². The van der Waals surface area contributed by atoms with E-state index in [-0.39, 0.29) is 0 Å². The summed E-state index contributed by atoms with van der Waals surface area (Å²) < 4.78 is 1.79. The zero-order chi connectivity index (χ0) is 15.3. The number of aromatic nitrogens is 3. The summed E-state index contributed by atoms with van der Waals surface area (Å²) >= 11 is 0. The fourth-order valence-electron chi connectivity index (χ4n) is 3.10. The number of nitrogens with zero attached hydrogens (tertiary/aromatic N) is 4. The molecule has 0 radical (unpaired) electrons. The van der Waals surface area contributed by atoms with E-state index in [9.17, 15) is 5.11 Å². The third-order valence-electron chi connectivity index (χ3n) is 4.23. The van der Waals surface area contributed by atoms with E-state index in [4.69, 9.17) is 0 Å². The Morgan fingerprint density at radius 1 is 0.955 bits per heavy atom. The van der Waals surface area contributed by atoms with Gasteiger partial charge in [0.1, 0.15) is 5.69 Å². The lowest BCUT2D eigenvalue weighted by molar-refractivity contribution is 0.179. The minimum Gasteiger partial charge on any atom is -0.369 e. The number of fused-ring (bicyclic) bond motifs is 5. The summed E-state index contributed by atoms with van der Waals surface area (Å²) in [7, 11) is 3.79. The van der Waals surface area contributed by atoms with Gasteiger partial charge >= 0.3 is 0 Å². The molecule has 0 fully saturated rings. The highest BCUT2D eigenvalue weighted by Crippen LogP contribution is 2.42. The van der Waals surface area contributed by atoms with Crippen LogP contribution >= 0.6 is 0 Å². The molecule has 1 aliphatic rings. The van der Waals surface area contributed by atoms with Crippen molar-refractivity contribution in [1.29, 1.82) is 0 Å². The molecule has 1 aromatic heterocycles. The molecule has 5 heteroatoms. The third kappa shape index (κ3) is 1.69. The minimum absolute atomic E-state index is 0.729. The van der Waals surface area contributed by atoms with Gasteiger partial charge in [0.2, 0.25) is 0 Å². The molecular weight excluding hydrogens is 276 g/mol. The largest absolute Gasteiger partial charge is 0.369 e. The minimum atomic E-state index is -0.729. The van der Waals surface area contributed by atoms with E-state index in [1.165, 1.54) is 0 Å². The summed E-state index contributed by atoms with van der Waals surface area (Å²) in [5, 5.41) is 19.3. The number of benzene rings is 2. The van der Waals surface area contributed by atoms with Crippen LogP contribution in [-0.2, 0) is 7.05 Å². The van der Waals surface area contributed by atoms with Crippen molar-refractivity contribution in [2.24, 2.45) is 7.05 Å². The van der Waals surface area contributed by atoms with Gasteiger partial charge in [0, 0.05) is 36.5 Å². The molecule has 1 aliphatic heterocycles. The highest BCUT2D eigenvalue weighted by molar-refractivity contribution is 5.88. The van der Waals surface area contributed by atoms with Gasteiger partial charge in [-0.25, -0.2) is 4.68 Å². The standard InChI is InChI=1S/C17H16N4O/c1-20-14-10-6-5-9-13(14)16-15(18-19-21(16)2)11-7-3-4-8-12(11)17(20)22/h3-10,17,22H,1-2H3. The van der Waals surface area contributed by atoms with Gasteiger partial charge in [-0.05, 0) is 6.07 Å². The molecule has 110 valence electrons. The molecule has 1 unspecified atom stereocenters. The number of aliphatic hydroxyl groups excluding tert-OH is 1. The molecule has 22 heavy (non-hydrogen) atoms. The van der Waals surface area contributed by atoms with Crippen LogP contribution in [0.25, 0.3) is 22.5 Å². The first-order valence-electron chi connectivity index (χ1n) is 7.18. The SMILES string of the molecule is CN1c2ccccc2-c2c(nnn2C)-c2ccccc2C1O. The van der Waals surface area contributed by atoms with Crippen molar-refractivity contribution in [1.82, 2.24) is 15.0 Å². The Hall–Kier alpha value is -2.66. The van der Waals surface area contributed by atoms with Crippen LogP contribution in [0.5, 0.6) is 0 Å². The molecular formula is C17H16N4O. The Balaban J connectivity index is 2.14. The molecule has 0 saturated carbocycles. The Morgan fingerprint density at radius 2 is 1.64 bits per heavy atom. The zero-order valence-corrected chi connectivity index (χ0v) is 12.4. The molecule has 2 heterocycles. The highest BCUT2D eigenvalue weighted by Gasteiger charge is 2.28. The smallest absolute Gasteiger partial charge is 0.153 e. The van der Waals surface area contributed by atoms with E-state index < -0.39 is 6.23 Å². The monoisotopic (exact) mass is 292 g/mol. The van der Waals surface area contributed by atoms with Crippen molar-refractivity contribution in [3.05, 3.63) is 54.1 Å². The number of hydrogen-bond donors (Lipinski definition) is 1. The van der Waals surface area contributed by atoms with Crippen molar-refractivity contribution < 1.29 is 5.11 Å². The summed E-state index contributed by atoms with van der Waals surface area (Å²) in [6.45, 7) is 0. The molecule has 1 atom stereocenters. The van der Waals surface area contributed by atoms with E-state index in [2.05, 4.69) is 10.3 Å². The van der Waals surface area contributed by atoms with E-state index in [1.807, 2.05) is 67.5 Å². The summed E-state index contributed by atoms with van der Waals surface area (Å²) in [6.07, 6.45) is -0.729. The summed E-state index contributed by atoms with van der Waals surface area (Å²) in [6, 6.07) is 15.8. The zero-order valence-electron chi connectivity index (χ0n) is 12.4. The average Bonchev–Trinajstić information content (AvgIpc) is 2.94. The van der Waals surface area contributed by atoms with Gasteiger partial charge in [-0.3, -0.25) is 0 Å². The maximum Gasteiger partial charge on any atom is 0.153 e. The first-order valence-corrected chi connectivity index (χ1v) is 7.18. The second-order valence-electron chi connectivity index (χ2n) is 5.50. The van der Waals surface area contributed by atoms with Crippen molar-refractivity contribution >= 4 is 5.69 Å². The van der Waals surface area contributed by atoms with Crippen LogP contribution in [0.4, 0.5) is 5.69 Å².